The fourth-order valence-electron chi connectivity index (χ4n) is 1.81. The van der Waals surface area contributed by atoms with Gasteiger partial charge < -0.3 is 9.84 Å². The van der Waals surface area contributed by atoms with Crippen LogP contribution < -0.4 is 5.32 Å². The van der Waals surface area contributed by atoms with Crippen molar-refractivity contribution in [2.45, 2.75) is 5.75 Å². The zero-order valence-corrected chi connectivity index (χ0v) is 13.5. The lowest BCUT2D eigenvalue weighted by Gasteiger charge is -2.04. The smallest absolute Gasteiger partial charge is 0.236 e. The highest BCUT2D eigenvalue weighted by molar-refractivity contribution is 7.99. The van der Waals surface area contributed by atoms with Gasteiger partial charge in [-0.15, -0.1) is 23.1 Å². The van der Waals surface area contributed by atoms with Crippen LogP contribution in [0.15, 0.2) is 46.3 Å². The van der Waals surface area contributed by atoms with E-state index in [0.717, 1.165) is 4.88 Å². The molecule has 23 heavy (non-hydrogen) atoms. The number of benzene rings is 1. The molecule has 5 nitrogen and oxygen atoms in total. The average molecular weight is 349 g/mol. The standard InChI is InChI=1S/C15H12FN3O2S2/c16-10-3-1-4-11(7-10)17-13(20)8-22-9-14-18-15(19-21-14)12-5-2-6-23-12/h1-7H,8-9H2,(H,17,20). The lowest BCUT2D eigenvalue weighted by Crippen LogP contribution is -2.14. The molecule has 0 spiro atoms. The number of carbonyl (C=O) groups is 1. The summed E-state index contributed by atoms with van der Waals surface area (Å²) in [6.45, 7) is 0. The van der Waals surface area contributed by atoms with E-state index in [1.807, 2.05) is 17.5 Å². The Morgan fingerprint density at radius 2 is 2.26 bits per heavy atom. The Labute approximate surface area is 139 Å². The summed E-state index contributed by atoms with van der Waals surface area (Å²) in [5.74, 6) is 1.08. The molecule has 0 fully saturated rings. The van der Waals surface area contributed by atoms with Gasteiger partial charge in [-0.1, -0.05) is 17.3 Å². The number of thiophene rings is 1. The van der Waals surface area contributed by atoms with Crippen molar-refractivity contribution in [2.75, 3.05) is 11.1 Å². The summed E-state index contributed by atoms with van der Waals surface area (Å²) < 4.78 is 18.2. The topological polar surface area (TPSA) is 68.0 Å². The first-order valence-electron chi connectivity index (χ1n) is 6.70. The molecule has 118 valence electrons. The molecule has 0 bridgehead atoms. The minimum absolute atomic E-state index is 0.210. The van der Waals surface area contributed by atoms with Gasteiger partial charge >= 0.3 is 0 Å². The zero-order chi connectivity index (χ0) is 16.1. The van der Waals surface area contributed by atoms with E-state index in [2.05, 4.69) is 15.5 Å². The molecule has 3 rings (SSSR count). The number of thioether (sulfide) groups is 1. The molecule has 0 unspecified atom stereocenters. The van der Waals surface area contributed by atoms with Crippen LogP contribution in [-0.4, -0.2) is 21.8 Å². The van der Waals surface area contributed by atoms with Gasteiger partial charge in [-0.05, 0) is 29.6 Å². The second-order valence-corrected chi connectivity index (χ2v) is 6.47. The Morgan fingerprint density at radius 3 is 3.04 bits per heavy atom. The summed E-state index contributed by atoms with van der Waals surface area (Å²) >= 11 is 2.88. The second kappa shape index (κ2) is 7.38. The van der Waals surface area contributed by atoms with Crippen LogP contribution in [0.25, 0.3) is 10.7 Å². The molecule has 0 saturated carbocycles. The van der Waals surface area contributed by atoms with Crippen molar-refractivity contribution >= 4 is 34.7 Å². The highest BCUT2D eigenvalue weighted by Crippen LogP contribution is 2.22. The third-order valence-corrected chi connectivity index (χ3v) is 4.56. The summed E-state index contributed by atoms with van der Waals surface area (Å²) in [5.41, 5.74) is 0.438. The lowest BCUT2D eigenvalue weighted by atomic mass is 10.3. The molecule has 2 heterocycles. The Balaban J connectivity index is 1.47. The molecule has 0 radical (unpaired) electrons. The van der Waals surface area contributed by atoms with Crippen molar-refractivity contribution in [3.05, 3.63) is 53.5 Å². The Hall–Kier alpha value is -2.19. The van der Waals surface area contributed by atoms with Crippen LogP contribution in [0.5, 0.6) is 0 Å². The first-order chi connectivity index (χ1) is 11.2. The molecular formula is C15H12FN3O2S2. The van der Waals surface area contributed by atoms with Crippen molar-refractivity contribution in [1.29, 1.82) is 0 Å². The largest absolute Gasteiger partial charge is 0.338 e. The van der Waals surface area contributed by atoms with Crippen molar-refractivity contribution in [3.8, 4) is 10.7 Å². The first kappa shape index (κ1) is 15.7. The van der Waals surface area contributed by atoms with Gasteiger partial charge in [0, 0.05) is 5.69 Å². The molecule has 0 aliphatic rings. The van der Waals surface area contributed by atoms with Crippen LogP contribution in [0.2, 0.25) is 0 Å². The van der Waals surface area contributed by atoms with Crippen molar-refractivity contribution in [2.24, 2.45) is 0 Å². The monoisotopic (exact) mass is 349 g/mol. The van der Waals surface area contributed by atoms with Gasteiger partial charge in [0.1, 0.15) is 5.82 Å². The molecule has 0 saturated heterocycles. The Bertz CT molecular complexity index is 790. The van der Waals surface area contributed by atoms with E-state index in [9.17, 15) is 9.18 Å². The van der Waals surface area contributed by atoms with Crippen molar-refractivity contribution in [3.63, 3.8) is 0 Å². The number of rotatable bonds is 6. The number of hydrogen-bond donors (Lipinski definition) is 1. The molecule has 0 atom stereocenters. The number of nitrogens with zero attached hydrogens (tertiary/aromatic N) is 2. The fourth-order valence-corrected chi connectivity index (χ4v) is 3.11. The summed E-state index contributed by atoms with van der Waals surface area (Å²) in [6.07, 6.45) is 0. The van der Waals surface area contributed by atoms with Gasteiger partial charge in [0.15, 0.2) is 0 Å². The van der Waals surface area contributed by atoms with E-state index < -0.39 is 0 Å². The summed E-state index contributed by atoms with van der Waals surface area (Å²) in [7, 11) is 0. The van der Waals surface area contributed by atoms with Crippen molar-refractivity contribution in [1.82, 2.24) is 10.1 Å². The number of carbonyl (C=O) groups excluding carboxylic acids is 1. The van der Waals surface area contributed by atoms with E-state index >= 15 is 0 Å². The van der Waals surface area contributed by atoms with E-state index in [1.54, 1.807) is 12.1 Å². The molecule has 3 aromatic rings. The number of amides is 1. The van der Waals surface area contributed by atoms with Crippen LogP contribution in [-0.2, 0) is 10.5 Å². The number of anilines is 1. The van der Waals surface area contributed by atoms with Gasteiger partial charge in [-0.2, -0.15) is 4.98 Å². The predicted molar refractivity (Wildman–Crippen MR) is 88.8 cm³/mol. The normalized spacial score (nSPS) is 10.7. The molecular weight excluding hydrogens is 337 g/mol. The summed E-state index contributed by atoms with van der Waals surface area (Å²) in [4.78, 5) is 17.0. The average Bonchev–Trinajstić information content (AvgIpc) is 3.18. The predicted octanol–water partition coefficient (Wildman–Crippen LogP) is 3.81. The van der Waals surface area contributed by atoms with Gasteiger partial charge in [-0.3, -0.25) is 4.79 Å². The molecule has 2 aromatic heterocycles. The van der Waals surface area contributed by atoms with Gasteiger partial charge in [0.05, 0.1) is 16.4 Å². The molecule has 1 aromatic carbocycles. The zero-order valence-electron chi connectivity index (χ0n) is 11.9. The SMILES string of the molecule is O=C(CSCc1nc(-c2cccs2)no1)Nc1cccc(F)c1. The van der Waals surface area contributed by atoms with Gasteiger partial charge in [0.2, 0.25) is 17.6 Å². The lowest BCUT2D eigenvalue weighted by molar-refractivity contribution is -0.113. The number of halogens is 1. The molecule has 8 heteroatoms. The molecule has 1 N–H and O–H groups in total. The fraction of sp³-hybridized carbons (Fsp3) is 0.133. The van der Waals surface area contributed by atoms with Crippen LogP contribution >= 0.6 is 23.1 Å². The van der Waals surface area contributed by atoms with Crippen LogP contribution in [0.3, 0.4) is 0 Å². The van der Waals surface area contributed by atoms with Crippen molar-refractivity contribution < 1.29 is 13.7 Å². The second-order valence-electron chi connectivity index (χ2n) is 4.54. The van der Waals surface area contributed by atoms with Gasteiger partial charge in [-0.25, -0.2) is 4.39 Å². The van der Waals surface area contributed by atoms with Crippen LogP contribution in [0.4, 0.5) is 10.1 Å². The maximum Gasteiger partial charge on any atom is 0.236 e. The van der Waals surface area contributed by atoms with E-state index in [4.69, 9.17) is 4.52 Å². The number of nitrogens with one attached hydrogen (secondary N) is 1. The van der Waals surface area contributed by atoms with Crippen LogP contribution in [0.1, 0.15) is 5.89 Å². The first-order valence-corrected chi connectivity index (χ1v) is 8.74. The quantitative estimate of drug-likeness (QED) is 0.733. The third-order valence-electron chi connectivity index (χ3n) is 2.78. The van der Waals surface area contributed by atoms with Gasteiger partial charge in [0.25, 0.3) is 0 Å². The highest BCUT2D eigenvalue weighted by Gasteiger charge is 2.10. The minimum atomic E-state index is -0.387. The minimum Gasteiger partial charge on any atom is -0.338 e. The Morgan fingerprint density at radius 1 is 1.35 bits per heavy atom. The summed E-state index contributed by atoms with van der Waals surface area (Å²) in [5, 5.41) is 8.48. The third kappa shape index (κ3) is 4.40. The molecule has 0 aliphatic heterocycles. The molecule has 0 aliphatic carbocycles. The van der Waals surface area contributed by atoms with E-state index in [0.29, 0.717) is 23.2 Å². The Kier molecular flexibility index (Phi) is 5.04. The maximum atomic E-state index is 13.0. The van der Waals surface area contributed by atoms with Crippen LogP contribution in [0, 0.1) is 5.82 Å². The summed E-state index contributed by atoms with van der Waals surface area (Å²) in [6, 6.07) is 9.61. The number of aromatic nitrogens is 2. The molecule has 1 amide bonds. The van der Waals surface area contributed by atoms with E-state index in [1.165, 1.54) is 35.2 Å². The maximum absolute atomic E-state index is 13.0. The number of hydrogen-bond acceptors (Lipinski definition) is 6. The van der Waals surface area contributed by atoms with E-state index in [-0.39, 0.29) is 17.5 Å². The highest BCUT2D eigenvalue weighted by atomic mass is 32.2.